The highest BCUT2D eigenvalue weighted by Gasteiger charge is 2.25. The minimum Gasteiger partial charge on any atom is -0.358 e. The van der Waals surface area contributed by atoms with Crippen LogP contribution in [0, 0.1) is 6.92 Å². The number of fused-ring (bicyclic) bond motifs is 3. The molecule has 0 spiro atoms. The van der Waals surface area contributed by atoms with E-state index < -0.39 is 0 Å². The van der Waals surface area contributed by atoms with E-state index in [0.29, 0.717) is 5.92 Å². The molecule has 1 aromatic heterocycles. The predicted molar refractivity (Wildman–Crippen MR) is 63.2 cm³/mol. The molecule has 0 aliphatic heterocycles. The maximum Gasteiger partial charge on any atom is 0.0488 e. The van der Waals surface area contributed by atoms with Gasteiger partial charge >= 0.3 is 0 Å². The largest absolute Gasteiger partial charge is 0.358 e. The van der Waals surface area contributed by atoms with Crippen molar-refractivity contribution in [3.8, 4) is 0 Å². The highest BCUT2D eigenvalue weighted by atomic mass is 14.8. The molecule has 3 rings (SSSR count). The van der Waals surface area contributed by atoms with Gasteiger partial charge in [-0.2, -0.15) is 0 Å². The summed E-state index contributed by atoms with van der Waals surface area (Å²) < 4.78 is 0. The third-order valence-electron chi connectivity index (χ3n) is 3.62. The smallest absolute Gasteiger partial charge is 0.0488 e. The van der Waals surface area contributed by atoms with E-state index >= 15 is 0 Å². The Morgan fingerprint density at radius 2 is 2.33 bits per heavy atom. The Morgan fingerprint density at radius 1 is 1.47 bits per heavy atom. The molecule has 0 bridgehead atoms. The van der Waals surface area contributed by atoms with Crippen LogP contribution in [0.15, 0.2) is 18.2 Å². The number of para-hydroxylation sites is 1. The third-order valence-corrected chi connectivity index (χ3v) is 3.62. The molecule has 1 heterocycles. The highest BCUT2D eigenvalue weighted by molar-refractivity contribution is 5.88. The minimum absolute atomic E-state index is 0.548. The second-order valence-corrected chi connectivity index (χ2v) is 4.49. The highest BCUT2D eigenvalue weighted by Crippen LogP contribution is 2.37. The van der Waals surface area contributed by atoms with Crippen LogP contribution in [0.1, 0.15) is 29.2 Å². The SMILES string of the molecule is Cc1cccc2c3c([nH]c12)C(CN)CC3. The first kappa shape index (κ1) is 8.98. The van der Waals surface area contributed by atoms with Gasteiger partial charge < -0.3 is 10.7 Å². The summed E-state index contributed by atoms with van der Waals surface area (Å²) in [5.41, 5.74) is 11.3. The van der Waals surface area contributed by atoms with Crippen molar-refractivity contribution in [2.24, 2.45) is 5.73 Å². The van der Waals surface area contributed by atoms with Crippen LogP contribution >= 0.6 is 0 Å². The molecule has 15 heavy (non-hydrogen) atoms. The summed E-state index contributed by atoms with van der Waals surface area (Å²) in [5, 5.41) is 1.40. The Bertz CT molecular complexity index is 510. The number of benzene rings is 1. The Balaban J connectivity index is 2.29. The van der Waals surface area contributed by atoms with Gasteiger partial charge in [0.15, 0.2) is 0 Å². The van der Waals surface area contributed by atoms with E-state index in [4.69, 9.17) is 5.73 Å². The average Bonchev–Trinajstić information content (AvgIpc) is 2.77. The lowest BCUT2D eigenvalue weighted by Gasteiger charge is -2.04. The number of aromatic amines is 1. The van der Waals surface area contributed by atoms with Gasteiger partial charge in [-0.15, -0.1) is 0 Å². The Morgan fingerprint density at radius 3 is 3.13 bits per heavy atom. The monoisotopic (exact) mass is 200 g/mol. The summed E-state index contributed by atoms with van der Waals surface area (Å²) in [6, 6.07) is 6.52. The molecule has 1 aromatic carbocycles. The van der Waals surface area contributed by atoms with Crippen molar-refractivity contribution in [1.29, 1.82) is 0 Å². The summed E-state index contributed by atoms with van der Waals surface area (Å²) in [6.07, 6.45) is 2.39. The van der Waals surface area contributed by atoms with Gasteiger partial charge in [-0.1, -0.05) is 18.2 Å². The topological polar surface area (TPSA) is 41.8 Å². The van der Waals surface area contributed by atoms with Crippen molar-refractivity contribution in [1.82, 2.24) is 4.98 Å². The number of nitrogens with two attached hydrogens (primary N) is 1. The molecule has 78 valence electrons. The first-order chi connectivity index (χ1) is 7.31. The summed E-state index contributed by atoms with van der Waals surface area (Å²) in [6.45, 7) is 2.92. The number of rotatable bonds is 1. The van der Waals surface area contributed by atoms with Gasteiger partial charge in [-0.3, -0.25) is 0 Å². The molecule has 0 radical (unpaired) electrons. The van der Waals surface area contributed by atoms with Crippen LogP contribution in [-0.2, 0) is 6.42 Å². The fourth-order valence-corrected chi connectivity index (χ4v) is 2.76. The van der Waals surface area contributed by atoms with E-state index in [1.54, 1.807) is 0 Å². The Kier molecular flexibility index (Phi) is 1.86. The molecule has 0 saturated carbocycles. The lowest BCUT2D eigenvalue weighted by molar-refractivity contribution is 0.675. The van der Waals surface area contributed by atoms with E-state index in [0.717, 1.165) is 6.54 Å². The predicted octanol–water partition coefficient (Wildman–Crippen LogP) is 2.46. The summed E-state index contributed by atoms with van der Waals surface area (Å²) in [4.78, 5) is 3.57. The van der Waals surface area contributed by atoms with Crippen molar-refractivity contribution in [2.45, 2.75) is 25.7 Å². The third kappa shape index (κ3) is 1.15. The van der Waals surface area contributed by atoms with Gasteiger partial charge in [-0.25, -0.2) is 0 Å². The molecule has 1 aliphatic carbocycles. The summed E-state index contributed by atoms with van der Waals surface area (Å²) in [5.74, 6) is 0.548. The number of nitrogens with one attached hydrogen (secondary N) is 1. The van der Waals surface area contributed by atoms with Gasteiger partial charge in [-0.05, 0) is 30.9 Å². The Labute approximate surface area is 89.5 Å². The minimum atomic E-state index is 0.548. The second-order valence-electron chi connectivity index (χ2n) is 4.49. The first-order valence-corrected chi connectivity index (χ1v) is 5.61. The standard InChI is InChI=1S/C13H16N2/c1-8-3-2-4-10-11-6-5-9(7-14)13(11)15-12(8)10/h2-4,9,15H,5-7,14H2,1H3. The van der Waals surface area contributed by atoms with Crippen LogP contribution < -0.4 is 5.73 Å². The molecule has 1 atom stereocenters. The number of hydrogen-bond acceptors (Lipinski definition) is 1. The van der Waals surface area contributed by atoms with Crippen LogP contribution in [0.5, 0.6) is 0 Å². The van der Waals surface area contributed by atoms with E-state index in [1.807, 2.05) is 0 Å². The average molecular weight is 200 g/mol. The van der Waals surface area contributed by atoms with Crippen LogP contribution in [0.4, 0.5) is 0 Å². The molecule has 0 fully saturated rings. The second kappa shape index (κ2) is 3.11. The van der Waals surface area contributed by atoms with Crippen LogP contribution in [0.25, 0.3) is 10.9 Å². The Hall–Kier alpha value is -1.28. The van der Waals surface area contributed by atoms with E-state index in [2.05, 4.69) is 30.1 Å². The molecule has 1 unspecified atom stereocenters. The number of hydrogen-bond donors (Lipinski definition) is 2. The zero-order chi connectivity index (χ0) is 10.4. The summed E-state index contributed by atoms with van der Waals surface area (Å²) in [7, 11) is 0. The normalized spacial score (nSPS) is 19.7. The zero-order valence-corrected chi connectivity index (χ0v) is 9.01. The quantitative estimate of drug-likeness (QED) is 0.729. The molecule has 0 amide bonds. The van der Waals surface area contributed by atoms with E-state index in [-0.39, 0.29) is 0 Å². The van der Waals surface area contributed by atoms with Gasteiger partial charge in [0.2, 0.25) is 0 Å². The summed E-state index contributed by atoms with van der Waals surface area (Å²) >= 11 is 0. The van der Waals surface area contributed by atoms with Crippen molar-refractivity contribution in [3.63, 3.8) is 0 Å². The first-order valence-electron chi connectivity index (χ1n) is 5.61. The van der Waals surface area contributed by atoms with E-state index in [1.165, 1.54) is 40.6 Å². The van der Waals surface area contributed by atoms with Crippen molar-refractivity contribution >= 4 is 10.9 Å². The maximum atomic E-state index is 5.79. The molecule has 2 heteroatoms. The van der Waals surface area contributed by atoms with E-state index in [9.17, 15) is 0 Å². The molecular weight excluding hydrogens is 184 g/mol. The van der Waals surface area contributed by atoms with Crippen molar-refractivity contribution < 1.29 is 0 Å². The molecule has 3 N–H and O–H groups in total. The fourth-order valence-electron chi connectivity index (χ4n) is 2.76. The van der Waals surface area contributed by atoms with Gasteiger partial charge in [0.05, 0.1) is 0 Å². The van der Waals surface area contributed by atoms with Crippen LogP contribution in [0.3, 0.4) is 0 Å². The lowest BCUT2D eigenvalue weighted by Crippen LogP contribution is -2.09. The van der Waals surface area contributed by atoms with Crippen molar-refractivity contribution in [2.75, 3.05) is 6.54 Å². The molecule has 2 nitrogen and oxygen atoms in total. The van der Waals surface area contributed by atoms with Gasteiger partial charge in [0.1, 0.15) is 0 Å². The lowest BCUT2D eigenvalue weighted by atomic mass is 10.1. The fraction of sp³-hybridized carbons (Fsp3) is 0.385. The molecule has 2 aromatic rings. The maximum absolute atomic E-state index is 5.79. The molecule has 1 aliphatic rings. The van der Waals surface area contributed by atoms with Crippen LogP contribution in [0.2, 0.25) is 0 Å². The molecule has 0 saturated heterocycles. The van der Waals surface area contributed by atoms with Gasteiger partial charge in [0.25, 0.3) is 0 Å². The van der Waals surface area contributed by atoms with Crippen molar-refractivity contribution in [3.05, 3.63) is 35.0 Å². The van der Waals surface area contributed by atoms with Crippen LogP contribution in [-0.4, -0.2) is 11.5 Å². The zero-order valence-electron chi connectivity index (χ0n) is 9.01. The number of H-pyrrole nitrogens is 1. The number of aryl methyl sites for hydroxylation is 2. The molecular formula is C13H16N2. The number of aromatic nitrogens is 1. The van der Waals surface area contributed by atoms with Gasteiger partial charge in [0, 0.05) is 29.1 Å².